The first-order valence-electron chi connectivity index (χ1n) is 7.04. The largest absolute Gasteiger partial charge is 0.478 e. The van der Waals surface area contributed by atoms with Crippen molar-refractivity contribution in [1.29, 1.82) is 0 Å². The van der Waals surface area contributed by atoms with E-state index < -0.39 is 11.6 Å². The predicted molar refractivity (Wildman–Crippen MR) is 80.6 cm³/mol. The van der Waals surface area contributed by atoms with Crippen LogP contribution in [0.5, 0.6) is 0 Å². The Hall–Kier alpha value is -2.13. The molecule has 2 N–H and O–H groups in total. The Morgan fingerprint density at radius 3 is 2.62 bits per heavy atom. The Bertz CT molecular complexity index is 733. The van der Waals surface area contributed by atoms with Crippen molar-refractivity contribution in [2.24, 2.45) is 0 Å². The van der Waals surface area contributed by atoms with Crippen LogP contribution in [0.15, 0.2) is 36.4 Å². The zero-order valence-corrected chi connectivity index (χ0v) is 12.2. The third kappa shape index (κ3) is 2.34. The number of carboxylic acid groups (broad SMARTS) is 1. The van der Waals surface area contributed by atoms with Gasteiger partial charge in [-0.15, -0.1) is 0 Å². The highest BCUT2D eigenvalue weighted by Crippen LogP contribution is 2.39. The quantitative estimate of drug-likeness (QED) is 0.890. The molecule has 0 fully saturated rings. The van der Waals surface area contributed by atoms with Gasteiger partial charge in [0.15, 0.2) is 0 Å². The van der Waals surface area contributed by atoms with Crippen molar-refractivity contribution in [3.05, 3.63) is 69.8 Å². The third-order valence-electron chi connectivity index (χ3n) is 4.31. The van der Waals surface area contributed by atoms with E-state index in [9.17, 15) is 9.90 Å². The van der Waals surface area contributed by atoms with Crippen molar-refractivity contribution < 1.29 is 15.0 Å². The molecule has 0 saturated heterocycles. The van der Waals surface area contributed by atoms with Gasteiger partial charge in [-0.25, -0.2) is 4.79 Å². The number of carbonyl (C=O) groups is 1. The maximum atomic E-state index is 11.1. The van der Waals surface area contributed by atoms with Crippen LogP contribution in [-0.4, -0.2) is 16.2 Å². The lowest BCUT2D eigenvalue weighted by atomic mass is 9.89. The maximum absolute atomic E-state index is 11.1. The van der Waals surface area contributed by atoms with Crippen LogP contribution in [0, 0.1) is 13.8 Å². The molecule has 3 nitrogen and oxygen atoms in total. The first kappa shape index (κ1) is 13.8. The van der Waals surface area contributed by atoms with E-state index in [0.717, 1.165) is 5.56 Å². The Labute approximate surface area is 123 Å². The van der Waals surface area contributed by atoms with Crippen molar-refractivity contribution in [1.82, 2.24) is 0 Å². The molecule has 1 aliphatic rings. The first-order chi connectivity index (χ1) is 9.89. The highest BCUT2D eigenvalue weighted by Gasteiger charge is 2.37. The standard InChI is InChI=1S/C18H18O3/c1-11-6-12(2)16-10-18(21,9-14(16)7-11)15-5-3-4-13(8-15)17(19)20/h3-8,21H,9-10H2,1-2H3,(H,19,20). The summed E-state index contributed by atoms with van der Waals surface area (Å²) in [5.74, 6) is -0.969. The monoisotopic (exact) mass is 282 g/mol. The van der Waals surface area contributed by atoms with Gasteiger partial charge in [-0.1, -0.05) is 29.8 Å². The average molecular weight is 282 g/mol. The van der Waals surface area contributed by atoms with Gasteiger partial charge in [0.1, 0.15) is 0 Å². The molecule has 0 spiro atoms. The molecule has 0 aromatic heterocycles. The minimum absolute atomic E-state index is 0.213. The van der Waals surface area contributed by atoms with Crippen LogP contribution in [0.4, 0.5) is 0 Å². The van der Waals surface area contributed by atoms with Crippen LogP contribution in [0.1, 0.15) is 38.2 Å². The van der Waals surface area contributed by atoms with Gasteiger partial charge in [0.05, 0.1) is 11.2 Å². The summed E-state index contributed by atoms with van der Waals surface area (Å²) in [5.41, 5.74) is 4.61. The van der Waals surface area contributed by atoms with E-state index >= 15 is 0 Å². The molecule has 2 aromatic rings. The van der Waals surface area contributed by atoms with Gasteiger partial charge in [-0.2, -0.15) is 0 Å². The number of hydrogen-bond acceptors (Lipinski definition) is 2. The molecule has 0 radical (unpaired) electrons. The van der Waals surface area contributed by atoms with E-state index in [-0.39, 0.29) is 5.56 Å². The van der Waals surface area contributed by atoms with E-state index in [4.69, 9.17) is 5.11 Å². The Kier molecular flexibility index (Phi) is 3.10. The van der Waals surface area contributed by atoms with Crippen LogP contribution in [0.25, 0.3) is 0 Å². The second-order valence-electron chi connectivity index (χ2n) is 5.99. The highest BCUT2D eigenvalue weighted by molar-refractivity contribution is 5.87. The predicted octanol–water partition coefficient (Wildman–Crippen LogP) is 2.99. The number of carboxylic acids is 1. The molecule has 0 heterocycles. The number of aryl methyl sites for hydroxylation is 2. The molecular weight excluding hydrogens is 264 g/mol. The van der Waals surface area contributed by atoms with Gasteiger partial charge in [0.25, 0.3) is 0 Å². The molecule has 108 valence electrons. The van der Waals surface area contributed by atoms with Crippen LogP contribution >= 0.6 is 0 Å². The molecule has 0 amide bonds. The summed E-state index contributed by atoms with van der Waals surface area (Å²) in [4.78, 5) is 11.1. The van der Waals surface area contributed by atoms with E-state index in [1.807, 2.05) is 0 Å². The Morgan fingerprint density at radius 1 is 1.14 bits per heavy atom. The summed E-state index contributed by atoms with van der Waals surface area (Å²) < 4.78 is 0. The van der Waals surface area contributed by atoms with Gasteiger partial charge in [0, 0.05) is 12.8 Å². The van der Waals surface area contributed by atoms with Crippen LogP contribution in [0.3, 0.4) is 0 Å². The van der Waals surface area contributed by atoms with Gasteiger partial charge in [-0.3, -0.25) is 0 Å². The summed E-state index contributed by atoms with van der Waals surface area (Å²) in [6.07, 6.45) is 1.07. The summed E-state index contributed by atoms with van der Waals surface area (Å²) in [6, 6.07) is 10.9. The summed E-state index contributed by atoms with van der Waals surface area (Å²) in [5, 5.41) is 20.1. The van der Waals surface area contributed by atoms with Crippen molar-refractivity contribution >= 4 is 5.97 Å². The van der Waals surface area contributed by atoms with Gasteiger partial charge in [0.2, 0.25) is 0 Å². The van der Waals surface area contributed by atoms with Crippen molar-refractivity contribution in [2.75, 3.05) is 0 Å². The highest BCUT2D eigenvalue weighted by atomic mass is 16.4. The Balaban J connectivity index is 2.03. The second-order valence-corrected chi connectivity index (χ2v) is 5.99. The van der Waals surface area contributed by atoms with Crippen molar-refractivity contribution in [2.45, 2.75) is 32.3 Å². The number of aliphatic hydroxyl groups is 1. The molecule has 1 atom stereocenters. The Morgan fingerprint density at radius 2 is 1.90 bits per heavy atom. The molecule has 1 aliphatic carbocycles. The fourth-order valence-corrected chi connectivity index (χ4v) is 3.31. The number of benzene rings is 2. The molecule has 0 aliphatic heterocycles. The molecule has 3 heteroatoms. The van der Waals surface area contributed by atoms with Gasteiger partial charge < -0.3 is 10.2 Å². The normalized spacial score (nSPS) is 20.3. The zero-order valence-electron chi connectivity index (χ0n) is 12.2. The van der Waals surface area contributed by atoms with E-state index in [2.05, 4.69) is 26.0 Å². The number of aromatic carboxylic acids is 1. The van der Waals surface area contributed by atoms with Gasteiger partial charge >= 0.3 is 5.97 Å². The van der Waals surface area contributed by atoms with E-state index in [1.165, 1.54) is 16.7 Å². The molecular formula is C18H18O3. The third-order valence-corrected chi connectivity index (χ3v) is 4.31. The first-order valence-corrected chi connectivity index (χ1v) is 7.04. The molecule has 1 unspecified atom stereocenters. The van der Waals surface area contributed by atoms with Crippen LogP contribution < -0.4 is 0 Å². The summed E-state index contributed by atoms with van der Waals surface area (Å²) in [7, 11) is 0. The lowest BCUT2D eigenvalue weighted by Gasteiger charge is -2.23. The van der Waals surface area contributed by atoms with Crippen molar-refractivity contribution in [3.8, 4) is 0 Å². The van der Waals surface area contributed by atoms with Crippen molar-refractivity contribution in [3.63, 3.8) is 0 Å². The maximum Gasteiger partial charge on any atom is 0.335 e. The SMILES string of the molecule is Cc1cc(C)c2c(c1)CC(O)(c1cccc(C(=O)O)c1)C2. The minimum Gasteiger partial charge on any atom is -0.478 e. The second kappa shape index (κ2) is 4.71. The molecule has 0 bridgehead atoms. The lowest BCUT2D eigenvalue weighted by molar-refractivity contribution is 0.0479. The fraction of sp³-hybridized carbons (Fsp3) is 0.278. The fourth-order valence-electron chi connectivity index (χ4n) is 3.31. The van der Waals surface area contributed by atoms with Gasteiger partial charge in [-0.05, 0) is 48.2 Å². The minimum atomic E-state index is -1.01. The average Bonchev–Trinajstić information content (AvgIpc) is 2.77. The smallest absolute Gasteiger partial charge is 0.335 e. The summed E-state index contributed by atoms with van der Waals surface area (Å²) >= 11 is 0. The number of hydrogen-bond donors (Lipinski definition) is 2. The topological polar surface area (TPSA) is 57.5 Å². The van der Waals surface area contributed by atoms with E-state index in [0.29, 0.717) is 18.4 Å². The van der Waals surface area contributed by atoms with Crippen LogP contribution in [-0.2, 0) is 18.4 Å². The number of rotatable bonds is 2. The lowest BCUT2D eigenvalue weighted by Crippen LogP contribution is -2.26. The molecule has 0 saturated carbocycles. The van der Waals surface area contributed by atoms with E-state index in [1.54, 1.807) is 24.3 Å². The molecule has 2 aromatic carbocycles. The number of fused-ring (bicyclic) bond motifs is 1. The van der Waals surface area contributed by atoms with Crippen LogP contribution in [0.2, 0.25) is 0 Å². The molecule has 21 heavy (non-hydrogen) atoms. The summed E-state index contributed by atoms with van der Waals surface area (Å²) in [6.45, 7) is 4.11. The molecule has 3 rings (SSSR count). The zero-order chi connectivity index (χ0) is 15.2.